The molecule has 0 saturated heterocycles. The fourth-order valence-corrected chi connectivity index (χ4v) is 2.23. The quantitative estimate of drug-likeness (QED) is 0.691. The van der Waals surface area contributed by atoms with Crippen LogP contribution >= 0.6 is 0 Å². The Kier molecular flexibility index (Phi) is 3.39. The van der Waals surface area contributed by atoms with Crippen molar-refractivity contribution in [2.24, 2.45) is 17.3 Å². The van der Waals surface area contributed by atoms with Crippen LogP contribution in [0.4, 0.5) is 0 Å². The molecule has 0 radical (unpaired) electrons. The Morgan fingerprint density at radius 3 is 2.46 bits per heavy atom. The molecular formula is C12H25N. The lowest BCUT2D eigenvalue weighted by Crippen LogP contribution is -2.27. The molecule has 1 saturated carbocycles. The van der Waals surface area contributed by atoms with Crippen molar-refractivity contribution in [2.75, 3.05) is 6.54 Å². The third-order valence-electron chi connectivity index (χ3n) is 3.97. The van der Waals surface area contributed by atoms with Gasteiger partial charge in [0.1, 0.15) is 0 Å². The molecule has 78 valence electrons. The van der Waals surface area contributed by atoms with Crippen molar-refractivity contribution in [1.82, 2.24) is 5.32 Å². The average Bonchev–Trinajstić information content (AvgIpc) is 2.74. The number of rotatable bonds is 5. The second kappa shape index (κ2) is 4.00. The van der Waals surface area contributed by atoms with E-state index in [1.165, 1.54) is 19.4 Å². The second-order valence-corrected chi connectivity index (χ2v) is 5.28. The highest BCUT2D eigenvalue weighted by atomic mass is 14.9. The first kappa shape index (κ1) is 11.0. The van der Waals surface area contributed by atoms with Crippen LogP contribution in [0.2, 0.25) is 0 Å². The summed E-state index contributed by atoms with van der Waals surface area (Å²) in [5, 5.41) is 3.54. The minimum absolute atomic E-state index is 0.641. The fourth-order valence-electron chi connectivity index (χ4n) is 2.23. The summed E-state index contributed by atoms with van der Waals surface area (Å²) < 4.78 is 0. The second-order valence-electron chi connectivity index (χ2n) is 5.28. The topological polar surface area (TPSA) is 12.0 Å². The maximum atomic E-state index is 3.54. The minimum Gasteiger partial charge on any atom is -0.314 e. The third-order valence-corrected chi connectivity index (χ3v) is 3.97. The summed E-state index contributed by atoms with van der Waals surface area (Å²) in [5.74, 6) is 1.83. The SMILES string of the molecule is CCC(C)C1(C)CC1CNC(C)C. The third kappa shape index (κ3) is 2.46. The predicted octanol–water partition coefficient (Wildman–Crippen LogP) is 3.06. The summed E-state index contributed by atoms with van der Waals surface area (Å²) in [5.41, 5.74) is 0.649. The van der Waals surface area contributed by atoms with Gasteiger partial charge in [0.2, 0.25) is 0 Å². The molecule has 0 heterocycles. The molecule has 1 nitrogen and oxygen atoms in total. The van der Waals surface area contributed by atoms with Crippen LogP contribution in [0.1, 0.15) is 47.5 Å². The van der Waals surface area contributed by atoms with Gasteiger partial charge in [0.15, 0.2) is 0 Å². The fraction of sp³-hybridized carbons (Fsp3) is 1.00. The van der Waals surface area contributed by atoms with Crippen LogP contribution in [-0.4, -0.2) is 12.6 Å². The molecule has 1 fully saturated rings. The Hall–Kier alpha value is -0.0400. The van der Waals surface area contributed by atoms with Crippen LogP contribution < -0.4 is 5.32 Å². The standard InChI is InChI=1S/C12H25N/c1-6-10(4)12(5)7-11(12)8-13-9(2)3/h9-11,13H,6-8H2,1-5H3. The highest BCUT2D eigenvalue weighted by Crippen LogP contribution is 2.57. The molecule has 0 aromatic carbocycles. The van der Waals surface area contributed by atoms with E-state index in [1.807, 2.05) is 0 Å². The molecular weight excluding hydrogens is 158 g/mol. The van der Waals surface area contributed by atoms with E-state index in [-0.39, 0.29) is 0 Å². The summed E-state index contributed by atoms with van der Waals surface area (Å²) in [6, 6.07) is 0.641. The van der Waals surface area contributed by atoms with E-state index >= 15 is 0 Å². The summed E-state index contributed by atoms with van der Waals surface area (Å²) in [6.45, 7) is 12.8. The molecule has 3 unspecified atom stereocenters. The number of hydrogen-bond acceptors (Lipinski definition) is 1. The van der Waals surface area contributed by atoms with E-state index in [1.54, 1.807) is 0 Å². The van der Waals surface area contributed by atoms with E-state index in [2.05, 4.69) is 39.9 Å². The van der Waals surface area contributed by atoms with Crippen molar-refractivity contribution in [3.05, 3.63) is 0 Å². The van der Waals surface area contributed by atoms with Gasteiger partial charge in [-0.15, -0.1) is 0 Å². The van der Waals surface area contributed by atoms with Crippen LogP contribution in [-0.2, 0) is 0 Å². The molecule has 0 amide bonds. The predicted molar refractivity (Wildman–Crippen MR) is 58.8 cm³/mol. The van der Waals surface area contributed by atoms with Crippen molar-refractivity contribution in [3.63, 3.8) is 0 Å². The molecule has 1 aliphatic carbocycles. The van der Waals surface area contributed by atoms with Gasteiger partial charge in [-0.3, -0.25) is 0 Å². The highest BCUT2D eigenvalue weighted by Gasteiger charge is 2.52. The van der Waals surface area contributed by atoms with Crippen molar-refractivity contribution < 1.29 is 0 Å². The number of hydrogen-bond donors (Lipinski definition) is 1. The molecule has 0 aromatic rings. The first-order chi connectivity index (χ1) is 6.00. The van der Waals surface area contributed by atoms with Crippen LogP contribution in [0.3, 0.4) is 0 Å². The Labute approximate surface area is 83.3 Å². The van der Waals surface area contributed by atoms with Gasteiger partial charge in [0.25, 0.3) is 0 Å². The lowest BCUT2D eigenvalue weighted by molar-refractivity contribution is 0.315. The van der Waals surface area contributed by atoms with Gasteiger partial charge in [-0.25, -0.2) is 0 Å². The zero-order valence-electron chi connectivity index (χ0n) is 9.85. The summed E-state index contributed by atoms with van der Waals surface area (Å²) in [4.78, 5) is 0. The van der Waals surface area contributed by atoms with E-state index in [9.17, 15) is 0 Å². The first-order valence-electron chi connectivity index (χ1n) is 5.74. The van der Waals surface area contributed by atoms with Gasteiger partial charge in [-0.2, -0.15) is 0 Å². The van der Waals surface area contributed by atoms with Gasteiger partial charge < -0.3 is 5.32 Å². The smallest absolute Gasteiger partial charge is 0.00104 e. The lowest BCUT2D eigenvalue weighted by atomic mass is 9.88. The molecule has 0 bridgehead atoms. The maximum absolute atomic E-state index is 3.54. The first-order valence-corrected chi connectivity index (χ1v) is 5.74. The Morgan fingerprint density at radius 1 is 1.38 bits per heavy atom. The zero-order valence-corrected chi connectivity index (χ0v) is 9.85. The molecule has 0 spiro atoms. The minimum atomic E-state index is 0.641. The van der Waals surface area contributed by atoms with E-state index in [0.29, 0.717) is 11.5 Å². The average molecular weight is 183 g/mol. The monoisotopic (exact) mass is 183 g/mol. The lowest BCUT2D eigenvalue weighted by Gasteiger charge is -2.19. The molecule has 13 heavy (non-hydrogen) atoms. The van der Waals surface area contributed by atoms with Gasteiger partial charge in [0, 0.05) is 6.04 Å². The molecule has 1 aliphatic rings. The van der Waals surface area contributed by atoms with Crippen molar-refractivity contribution in [3.8, 4) is 0 Å². The normalized spacial score (nSPS) is 35.1. The van der Waals surface area contributed by atoms with Gasteiger partial charge >= 0.3 is 0 Å². The van der Waals surface area contributed by atoms with Crippen LogP contribution in [0.25, 0.3) is 0 Å². The molecule has 0 aromatic heterocycles. The van der Waals surface area contributed by atoms with Crippen molar-refractivity contribution in [2.45, 2.75) is 53.5 Å². The summed E-state index contributed by atoms with van der Waals surface area (Å²) in [6.07, 6.45) is 2.76. The number of nitrogens with one attached hydrogen (secondary N) is 1. The van der Waals surface area contributed by atoms with E-state index in [4.69, 9.17) is 0 Å². The van der Waals surface area contributed by atoms with Gasteiger partial charge in [-0.1, -0.05) is 41.0 Å². The van der Waals surface area contributed by atoms with Crippen molar-refractivity contribution >= 4 is 0 Å². The Bertz CT molecular complexity index is 165. The van der Waals surface area contributed by atoms with Crippen LogP contribution in [0, 0.1) is 17.3 Å². The van der Waals surface area contributed by atoms with Gasteiger partial charge in [-0.05, 0) is 30.2 Å². The highest BCUT2D eigenvalue weighted by molar-refractivity contribution is 5.02. The molecule has 0 aliphatic heterocycles. The Morgan fingerprint density at radius 2 is 2.00 bits per heavy atom. The van der Waals surface area contributed by atoms with E-state index in [0.717, 1.165) is 11.8 Å². The van der Waals surface area contributed by atoms with Crippen molar-refractivity contribution in [1.29, 1.82) is 0 Å². The Balaban J connectivity index is 2.27. The largest absolute Gasteiger partial charge is 0.314 e. The van der Waals surface area contributed by atoms with Crippen LogP contribution in [0.15, 0.2) is 0 Å². The van der Waals surface area contributed by atoms with E-state index < -0.39 is 0 Å². The molecule has 1 N–H and O–H groups in total. The summed E-state index contributed by atoms with van der Waals surface area (Å²) >= 11 is 0. The molecule has 1 heteroatoms. The van der Waals surface area contributed by atoms with Gasteiger partial charge in [0.05, 0.1) is 0 Å². The molecule has 3 atom stereocenters. The van der Waals surface area contributed by atoms with Crippen LogP contribution in [0.5, 0.6) is 0 Å². The summed E-state index contributed by atoms with van der Waals surface area (Å²) in [7, 11) is 0. The maximum Gasteiger partial charge on any atom is 0.00104 e. The molecule has 1 rings (SSSR count). The zero-order chi connectivity index (χ0) is 10.1.